The van der Waals surface area contributed by atoms with E-state index in [-0.39, 0.29) is 22.4 Å². The molecule has 0 spiro atoms. The summed E-state index contributed by atoms with van der Waals surface area (Å²) in [5, 5.41) is 13.3. The highest BCUT2D eigenvalue weighted by Gasteiger charge is 2.53. The summed E-state index contributed by atoms with van der Waals surface area (Å²) in [6.45, 7) is 19.3. The number of benzene rings is 2. The number of nitrogens with zero attached hydrogens (tertiary/aromatic N) is 1. The standard InChI is InChI=1S/C31H47NO4Si/c1-29(2,3)21-23-20-27(33)32(28(34)36-30(4,5)6)26(23)22-35-37(31(7,8)9,24-16-12-10-13-17-24)25-18-14-11-15-19-25/h10-19,23,26-27,33H,20-22H2,1-9H3/t23-,26-,27?/m0/s1. The highest BCUT2D eigenvalue weighted by Crippen LogP contribution is 2.41. The lowest BCUT2D eigenvalue weighted by atomic mass is 9.81. The Kier molecular flexibility index (Phi) is 8.67. The van der Waals surface area contributed by atoms with Crippen molar-refractivity contribution >= 4 is 24.8 Å². The van der Waals surface area contributed by atoms with Gasteiger partial charge in [-0.2, -0.15) is 0 Å². The monoisotopic (exact) mass is 525 g/mol. The van der Waals surface area contributed by atoms with E-state index in [1.165, 1.54) is 10.4 Å². The molecule has 204 valence electrons. The highest BCUT2D eigenvalue weighted by atomic mass is 28.4. The summed E-state index contributed by atoms with van der Waals surface area (Å²) in [7, 11) is -2.80. The van der Waals surface area contributed by atoms with Crippen LogP contribution < -0.4 is 10.4 Å². The third-order valence-corrected chi connectivity index (χ3v) is 12.1. The number of hydrogen-bond acceptors (Lipinski definition) is 4. The first-order valence-corrected chi connectivity index (χ1v) is 15.4. The SMILES string of the molecule is CC(C)(C)C[C@@H]1CC(O)N(C(=O)OC(C)(C)C)[C@H]1CO[Si](c1ccccc1)(c1ccccc1)C(C)(C)C. The average molecular weight is 526 g/mol. The Balaban J connectivity index is 2.07. The number of ether oxygens (including phenoxy) is 1. The lowest BCUT2D eigenvalue weighted by Gasteiger charge is -2.44. The Bertz CT molecular complexity index is 982. The van der Waals surface area contributed by atoms with Gasteiger partial charge in [0.2, 0.25) is 0 Å². The fraction of sp³-hybridized carbons (Fsp3) is 0.581. The molecule has 1 heterocycles. The Morgan fingerprint density at radius 3 is 1.78 bits per heavy atom. The molecule has 3 rings (SSSR count). The molecule has 1 amide bonds. The fourth-order valence-electron chi connectivity index (χ4n) is 5.76. The molecule has 1 unspecified atom stereocenters. The normalized spacial score (nSPS) is 21.2. The number of rotatable bonds is 6. The van der Waals surface area contributed by atoms with Gasteiger partial charge in [-0.1, -0.05) is 102 Å². The zero-order chi connectivity index (χ0) is 27.6. The summed E-state index contributed by atoms with van der Waals surface area (Å²) < 4.78 is 13.0. The molecule has 6 heteroatoms. The van der Waals surface area contributed by atoms with Crippen molar-refractivity contribution in [2.75, 3.05) is 6.61 Å². The van der Waals surface area contributed by atoms with Gasteiger partial charge in [-0.25, -0.2) is 4.79 Å². The van der Waals surface area contributed by atoms with Crippen molar-refractivity contribution in [3.63, 3.8) is 0 Å². The van der Waals surface area contributed by atoms with Crippen LogP contribution in [0.15, 0.2) is 60.7 Å². The van der Waals surface area contributed by atoms with Crippen LogP contribution in [0.1, 0.15) is 75.2 Å². The Morgan fingerprint density at radius 1 is 0.892 bits per heavy atom. The number of aliphatic hydroxyl groups excluding tert-OH is 1. The van der Waals surface area contributed by atoms with E-state index in [9.17, 15) is 9.90 Å². The summed E-state index contributed by atoms with van der Waals surface area (Å²) in [4.78, 5) is 14.9. The highest BCUT2D eigenvalue weighted by molar-refractivity contribution is 6.99. The second-order valence-corrected chi connectivity index (χ2v) is 18.0. The maximum atomic E-state index is 13.4. The minimum Gasteiger partial charge on any atom is -0.444 e. The molecule has 0 saturated carbocycles. The van der Waals surface area contributed by atoms with Crippen LogP contribution >= 0.6 is 0 Å². The van der Waals surface area contributed by atoms with Gasteiger partial charge in [0.15, 0.2) is 0 Å². The first kappa shape index (κ1) is 29.4. The summed E-state index contributed by atoms with van der Waals surface area (Å²) in [6, 6.07) is 20.8. The first-order valence-electron chi connectivity index (χ1n) is 13.5. The van der Waals surface area contributed by atoms with Crippen LogP contribution in [0.2, 0.25) is 5.04 Å². The molecule has 5 nitrogen and oxygen atoms in total. The summed E-state index contributed by atoms with van der Waals surface area (Å²) >= 11 is 0. The van der Waals surface area contributed by atoms with Crippen molar-refractivity contribution in [3.8, 4) is 0 Å². The molecular weight excluding hydrogens is 478 g/mol. The second-order valence-electron chi connectivity index (χ2n) is 13.7. The largest absolute Gasteiger partial charge is 0.444 e. The van der Waals surface area contributed by atoms with E-state index in [0.29, 0.717) is 13.0 Å². The van der Waals surface area contributed by atoms with Crippen LogP contribution in [0.5, 0.6) is 0 Å². The van der Waals surface area contributed by atoms with Gasteiger partial charge in [-0.3, -0.25) is 4.90 Å². The molecule has 3 atom stereocenters. The lowest BCUT2D eigenvalue weighted by Crippen LogP contribution is -2.67. The van der Waals surface area contributed by atoms with Crippen molar-refractivity contribution in [1.29, 1.82) is 0 Å². The topological polar surface area (TPSA) is 59.0 Å². The van der Waals surface area contributed by atoms with Gasteiger partial charge in [-0.15, -0.1) is 0 Å². The molecule has 0 aromatic heterocycles. The molecule has 0 radical (unpaired) electrons. The van der Waals surface area contributed by atoms with Crippen molar-refractivity contribution in [1.82, 2.24) is 4.90 Å². The van der Waals surface area contributed by atoms with E-state index in [2.05, 4.69) is 90.1 Å². The molecule has 37 heavy (non-hydrogen) atoms. The minimum absolute atomic E-state index is 0.0456. The van der Waals surface area contributed by atoms with E-state index < -0.39 is 26.2 Å². The number of hydrogen-bond donors (Lipinski definition) is 1. The minimum atomic E-state index is -2.80. The van der Waals surface area contributed by atoms with Gasteiger partial charge in [0.05, 0.1) is 12.6 Å². The van der Waals surface area contributed by atoms with Gasteiger partial charge in [0, 0.05) is 0 Å². The summed E-state index contributed by atoms with van der Waals surface area (Å²) in [5.74, 6) is 0.0979. The maximum Gasteiger partial charge on any atom is 0.412 e. The molecule has 2 aromatic carbocycles. The van der Waals surface area contributed by atoms with Gasteiger partial charge in [0.25, 0.3) is 8.32 Å². The van der Waals surface area contributed by atoms with E-state index in [1.807, 2.05) is 32.9 Å². The van der Waals surface area contributed by atoms with Crippen LogP contribution in [-0.4, -0.2) is 48.9 Å². The smallest absolute Gasteiger partial charge is 0.412 e. The van der Waals surface area contributed by atoms with E-state index in [1.54, 1.807) is 4.90 Å². The number of carbonyl (C=O) groups is 1. The van der Waals surface area contributed by atoms with Crippen LogP contribution in [0.3, 0.4) is 0 Å². The number of likely N-dealkylation sites (tertiary alicyclic amines) is 1. The van der Waals surface area contributed by atoms with Crippen LogP contribution in [0, 0.1) is 11.3 Å². The molecule has 1 fully saturated rings. The van der Waals surface area contributed by atoms with E-state index in [0.717, 1.165) is 6.42 Å². The van der Waals surface area contributed by atoms with Gasteiger partial charge in [-0.05, 0) is 60.4 Å². The maximum absolute atomic E-state index is 13.4. The van der Waals surface area contributed by atoms with E-state index >= 15 is 0 Å². The molecular formula is C31H47NO4Si. The third-order valence-electron chi connectivity index (χ3n) is 7.10. The summed E-state index contributed by atoms with van der Waals surface area (Å²) in [5.41, 5.74) is -0.605. The van der Waals surface area contributed by atoms with Crippen molar-refractivity contribution < 1.29 is 19.1 Å². The van der Waals surface area contributed by atoms with Gasteiger partial charge >= 0.3 is 6.09 Å². The van der Waals surface area contributed by atoms with Crippen molar-refractivity contribution in [2.45, 2.75) is 98.1 Å². The zero-order valence-electron chi connectivity index (χ0n) is 24.2. The van der Waals surface area contributed by atoms with Crippen molar-refractivity contribution in [2.24, 2.45) is 11.3 Å². The van der Waals surface area contributed by atoms with Crippen molar-refractivity contribution in [3.05, 3.63) is 60.7 Å². The second kappa shape index (κ2) is 10.9. The third kappa shape index (κ3) is 6.84. The Morgan fingerprint density at radius 2 is 1.38 bits per heavy atom. The molecule has 1 aliphatic heterocycles. The van der Waals surface area contributed by atoms with Gasteiger partial charge in [0.1, 0.15) is 11.8 Å². The van der Waals surface area contributed by atoms with Gasteiger partial charge < -0.3 is 14.3 Å². The lowest BCUT2D eigenvalue weighted by molar-refractivity contribution is -0.0307. The molecule has 2 aromatic rings. The zero-order valence-corrected chi connectivity index (χ0v) is 25.2. The number of amides is 1. The predicted octanol–water partition coefficient (Wildman–Crippen LogP) is 5.94. The number of carbonyl (C=O) groups excluding carboxylic acids is 1. The Labute approximate surface area is 225 Å². The first-order chi connectivity index (χ1) is 17.1. The quantitative estimate of drug-likeness (QED) is 0.474. The molecule has 1 saturated heterocycles. The molecule has 0 aliphatic carbocycles. The summed E-state index contributed by atoms with van der Waals surface area (Å²) in [6.07, 6.45) is 0.0195. The van der Waals surface area contributed by atoms with Crippen LogP contribution in [-0.2, 0) is 9.16 Å². The molecule has 1 aliphatic rings. The average Bonchev–Trinajstić information content (AvgIpc) is 3.06. The number of aliphatic hydroxyl groups is 1. The Hall–Kier alpha value is -2.15. The van der Waals surface area contributed by atoms with E-state index in [4.69, 9.17) is 9.16 Å². The van der Waals surface area contributed by atoms with Crippen LogP contribution in [0.25, 0.3) is 0 Å². The van der Waals surface area contributed by atoms with Crippen LogP contribution in [0.4, 0.5) is 4.79 Å². The fourth-order valence-corrected chi connectivity index (χ4v) is 10.3. The molecule has 0 bridgehead atoms. The molecule has 1 N–H and O–H groups in total. The predicted molar refractivity (Wildman–Crippen MR) is 154 cm³/mol.